The molecule has 1 aliphatic heterocycles. The molecule has 0 spiro atoms. The minimum atomic E-state index is -4.10. The Morgan fingerprint density at radius 3 is 2.54 bits per heavy atom. The van der Waals surface area contributed by atoms with Crippen LogP contribution in [-0.4, -0.2) is 36.8 Å². The molecule has 2 nitrogen and oxygen atoms in total. The van der Waals surface area contributed by atoms with Crippen molar-refractivity contribution in [2.75, 3.05) is 19.6 Å². The van der Waals surface area contributed by atoms with Gasteiger partial charge in [0, 0.05) is 12.6 Å². The van der Waals surface area contributed by atoms with Gasteiger partial charge in [0.05, 0.1) is 6.54 Å². The molecule has 0 amide bonds. The smallest absolute Gasteiger partial charge is 0.329 e. The summed E-state index contributed by atoms with van der Waals surface area (Å²) in [4.78, 5) is 1.44. The Labute approximate surface area is 75.9 Å². The summed E-state index contributed by atoms with van der Waals surface area (Å²) in [5.41, 5.74) is 5.42. The molecule has 2 N–H and O–H groups in total. The van der Waals surface area contributed by atoms with Crippen LogP contribution in [0.4, 0.5) is 13.2 Å². The highest BCUT2D eigenvalue weighted by atomic mass is 19.4. The van der Waals surface area contributed by atoms with Gasteiger partial charge in [0.1, 0.15) is 0 Å². The first-order valence-electron chi connectivity index (χ1n) is 4.45. The van der Waals surface area contributed by atoms with Gasteiger partial charge in [0.25, 0.3) is 0 Å². The van der Waals surface area contributed by atoms with Crippen molar-refractivity contribution >= 4 is 0 Å². The van der Waals surface area contributed by atoms with Gasteiger partial charge < -0.3 is 5.73 Å². The molecule has 0 bridgehead atoms. The minimum absolute atomic E-state index is 0.0957. The lowest BCUT2D eigenvalue weighted by atomic mass is 10.0. The molecule has 1 heterocycles. The molecule has 5 heteroatoms. The van der Waals surface area contributed by atoms with Crippen molar-refractivity contribution in [3.05, 3.63) is 0 Å². The molecule has 0 saturated carbocycles. The third-order valence-electron chi connectivity index (χ3n) is 2.62. The third kappa shape index (κ3) is 2.84. The second kappa shape index (κ2) is 3.84. The van der Waals surface area contributed by atoms with Crippen molar-refractivity contribution in [3.63, 3.8) is 0 Å². The first-order valence-corrected chi connectivity index (χ1v) is 4.45. The maximum atomic E-state index is 12.1. The van der Waals surface area contributed by atoms with Crippen LogP contribution in [0.1, 0.15) is 13.3 Å². The Morgan fingerprint density at radius 2 is 2.08 bits per heavy atom. The van der Waals surface area contributed by atoms with Gasteiger partial charge in [0.2, 0.25) is 0 Å². The number of likely N-dealkylation sites (tertiary alicyclic amines) is 1. The van der Waals surface area contributed by atoms with Gasteiger partial charge in [0.15, 0.2) is 0 Å². The molecule has 0 aromatic heterocycles. The predicted octanol–water partition coefficient (Wildman–Crippen LogP) is 1.22. The van der Waals surface area contributed by atoms with E-state index < -0.39 is 12.7 Å². The largest absolute Gasteiger partial charge is 0.401 e. The molecule has 1 aliphatic rings. The zero-order valence-electron chi connectivity index (χ0n) is 7.64. The fourth-order valence-electron chi connectivity index (χ4n) is 1.90. The molecule has 1 saturated heterocycles. The van der Waals surface area contributed by atoms with E-state index in [1.807, 2.05) is 6.92 Å². The Morgan fingerprint density at radius 1 is 1.46 bits per heavy atom. The van der Waals surface area contributed by atoms with E-state index in [1.54, 1.807) is 0 Å². The maximum absolute atomic E-state index is 12.1. The van der Waals surface area contributed by atoms with Crippen molar-refractivity contribution in [2.45, 2.75) is 25.6 Å². The quantitative estimate of drug-likeness (QED) is 0.719. The number of alkyl halides is 3. The van der Waals surface area contributed by atoms with E-state index in [0.717, 1.165) is 6.42 Å². The number of halogens is 3. The standard InChI is InChI=1S/C8H15F3N2/c1-6-2-3-13(7(6)4-12)5-8(9,10)11/h6-7H,2-5,12H2,1H3. The number of nitrogens with two attached hydrogens (primary N) is 1. The average molecular weight is 196 g/mol. The summed E-state index contributed by atoms with van der Waals surface area (Å²) in [7, 11) is 0. The van der Waals surface area contributed by atoms with Crippen molar-refractivity contribution in [3.8, 4) is 0 Å². The lowest BCUT2D eigenvalue weighted by Crippen LogP contribution is -2.43. The third-order valence-corrected chi connectivity index (χ3v) is 2.62. The molecular weight excluding hydrogens is 181 g/mol. The van der Waals surface area contributed by atoms with Crippen molar-refractivity contribution in [2.24, 2.45) is 11.7 Å². The zero-order valence-corrected chi connectivity index (χ0v) is 7.64. The lowest BCUT2D eigenvalue weighted by molar-refractivity contribution is -0.147. The number of hydrogen-bond acceptors (Lipinski definition) is 2. The van der Waals surface area contributed by atoms with E-state index in [4.69, 9.17) is 5.73 Å². The molecule has 78 valence electrons. The molecule has 0 aromatic carbocycles. The summed E-state index contributed by atoms with van der Waals surface area (Å²) in [5, 5.41) is 0. The van der Waals surface area contributed by atoms with Crippen molar-refractivity contribution in [1.29, 1.82) is 0 Å². The molecule has 0 radical (unpaired) electrons. The minimum Gasteiger partial charge on any atom is -0.329 e. The topological polar surface area (TPSA) is 29.3 Å². The molecule has 13 heavy (non-hydrogen) atoms. The van der Waals surface area contributed by atoms with E-state index in [1.165, 1.54) is 4.90 Å². The summed E-state index contributed by atoms with van der Waals surface area (Å²) in [5.74, 6) is 0.285. The van der Waals surface area contributed by atoms with Crippen LogP contribution < -0.4 is 5.73 Å². The van der Waals surface area contributed by atoms with Crippen LogP contribution >= 0.6 is 0 Å². The normalized spacial score (nSPS) is 31.2. The van der Waals surface area contributed by atoms with Gasteiger partial charge in [-0.25, -0.2) is 0 Å². The van der Waals surface area contributed by atoms with E-state index in [0.29, 0.717) is 13.1 Å². The van der Waals surface area contributed by atoms with Crippen LogP contribution in [0.5, 0.6) is 0 Å². The van der Waals surface area contributed by atoms with Crippen LogP contribution in [0.15, 0.2) is 0 Å². The molecule has 0 aromatic rings. The summed E-state index contributed by atoms with van der Waals surface area (Å²) in [6.07, 6.45) is -3.28. The first kappa shape index (κ1) is 10.8. The van der Waals surface area contributed by atoms with Crippen LogP contribution in [0.2, 0.25) is 0 Å². The second-order valence-electron chi connectivity index (χ2n) is 3.65. The number of nitrogens with zero attached hydrogens (tertiary/aromatic N) is 1. The van der Waals surface area contributed by atoms with E-state index in [-0.39, 0.29) is 12.0 Å². The van der Waals surface area contributed by atoms with Crippen molar-refractivity contribution < 1.29 is 13.2 Å². The summed E-state index contributed by atoms with van der Waals surface area (Å²) in [6.45, 7) is 1.97. The highest BCUT2D eigenvalue weighted by Crippen LogP contribution is 2.27. The van der Waals surface area contributed by atoms with Gasteiger partial charge in [-0.1, -0.05) is 6.92 Å². The zero-order chi connectivity index (χ0) is 10.1. The van der Waals surface area contributed by atoms with Gasteiger partial charge in [-0.15, -0.1) is 0 Å². The van der Waals surface area contributed by atoms with Crippen molar-refractivity contribution in [1.82, 2.24) is 4.90 Å². The second-order valence-corrected chi connectivity index (χ2v) is 3.65. The first-order chi connectivity index (χ1) is 5.94. The average Bonchev–Trinajstić information content (AvgIpc) is 2.28. The summed E-state index contributed by atoms with van der Waals surface area (Å²) in [6, 6.07) is -0.0957. The van der Waals surface area contributed by atoms with Gasteiger partial charge in [-0.05, 0) is 18.9 Å². The fourth-order valence-corrected chi connectivity index (χ4v) is 1.90. The fraction of sp³-hybridized carbons (Fsp3) is 1.00. The molecule has 0 aliphatic carbocycles. The molecular formula is C8H15F3N2. The Balaban J connectivity index is 2.51. The Kier molecular flexibility index (Phi) is 3.18. The molecule has 1 fully saturated rings. The van der Waals surface area contributed by atoms with Crippen LogP contribution in [0.25, 0.3) is 0 Å². The SMILES string of the molecule is CC1CCN(CC(F)(F)F)C1CN. The van der Waals surface area contributed by atoms with Gasteiger partial charge in [-0.3, -0.25) is 4.90 Å². The Hall–Kier alpha value is -0.290. The molecule has 2 atom stereocenters. The van der Waals surface area contributed by atoms with Crippen LogP contribution in [-0.2, 0) is 0 Å². The molecule has 1 rings (SSSR count). The maximum Gasteiger partial charge on any atom is 0.401 e. The lowest BCUT2D eigenvalue weighted by Gasteiger charge is -2.26. The number of rotatable bonds is 2. The van der Waals surface area contributed by atoms with E-state index in [9.17, 15) is 13.2 Å². The van der Waals surface area contributed by atoms with Crippen LogP contribution in [0, 0.1) is 5.92 Å². The van der Waals surface area contributed by atoms with E-state index in [2.05, 4.69) is 0 Å². The highest BCUT2D eigenvalue weighted by Gasteiger charge is 2.38. The number of hydrogen-bond donors (Lipinski definition) is 1. The monoisotopic (exact) mass is 196 g/mol. The van der Waals surface area contributed by atoms with Crippen LogP contribution in [0.3, 0.4) is 0 Å². The summed E-state index contributed by atoms with van der Waals surface area (Å²) >= 11 is 0. The van der Waals surface area contributed by atoms with E-state index >= 15 is 0 Å². The summed E-state index contributed by atoms with van der Waals surface area (Å²) < 4.78 is 36.2. The van der Waals surface area contributed by atoms with Gasteiger partial charge in [-0.2, -0.15) is 13.2 Å². The Bertz CT molecular complexity index is 169. The van der Waals surface area contributed by atoms with Gasteiger partial charge >= 0.3 is 6.18 Å². The predicted molar refractivity (Wildman–Crippen MR) is 44.3 cm³/mol. The molecule has 2 unspecified atom stereocenters. The highest BCUT2D eigenvalue weighted by molar-refractivity contribution is 4.86.